The molecule has 0 aromatic carbocycles. The van der Waals surface area contributed by atoms with Crippen LogP contribution >= 0.6 is 11.8 Å². The Labute approximate surface area is 97.1 Å². The number of nitrogens with one attached hydrogen (secondary N) is 1. The van der Waals surface area contributed by atoms with E-state index >= 15 is 0 Å². The smallest absolute Gasteiger partial charge is 0.157 e. The Morgan fingerprint density at radius 1 is 1.60 bits per heavy atom. The highest BCUT2D eigenvalue weighted by Crippen LogP contribution is 2.22. The zero-order valence-corrected chi connectivity index (χ0v) is 10.9. The Morgan fingerprint density at radius 3 is 2.93 bits per heavy atom. The quantitative estimate of drug-likeness (QED) is 0.803. The van der Waals surface area contributed by atoms with E-state index < -0.39 is 0 Å². The predicted octanol–water partition coefficient (Wildman–Crippen LogP) is 2.13. The summed E-state index contributed by atoms with van der Waals surface area (Å²) in [5.74, 6) is 0.498. The highest BCUT2D eigenvalue weighted by molar-refractivity contribution is 8.14. The number of nitrogens with zero attached hydrogens (tertiary/aromatic N) is 1. The van der Waals surface area contributed by atoms with Crippen molar-refractivity contribution in [2.24, 2.45) is 10.9 Å². The molecular formula is C11H22N2OS. The fourth-order valence-corrected chi connectivity index (χ4v) is 2.88. The van der Waals surface area contributed by atoms with Crippen molar-refractivity contribution in [1.82, 2.24) is 5.32 Å². The number of amidine groups is 1. The van der Waals surface area contributed by atoms with Crippen molar-refractivity contribution in [3.63, 3.8) is 0 Å². The first kappa shape index (κ1) is 12.8. The van der Waals surface area contributed by atoms with Gasteiger partial charge in [-0.2, -0.15) is 0 Å². The van der Waals surface area contributed by atoms with Gasteiger partial charge in [-0.05, 0) is 19.3 Å². The molecule has 15 heavy (non-hydrogen) atoms. The van der Waals surface area contributed by atoms with Crippen LogP contribution in [0.4, 0.5) is 0 Å². The molecule has 1 heterocycles. The van der Waals surface area contributed by atoms with Gasteiger partial charge in [0, 0.05) is 24.9 Å². The molecule has 0 spiro atoms. The van der Waals surface area contributed by atoms with E-state index in [2.05, 4.69) is 31.1 Å². The standard InChI is InChI=1S/C11H22N2OS/c1-8(7-14-4)6-12-11-13-9(2)5-10(3)15-11/h8-10H,5-7H2,1-4H3,(H,12,13). The van der Waals surface area contributed by atoms with Gasteiger partial charge in [0.25, 0.3) is 0 Å². The number of aliphatic imine (C=N–C) groups is 1. The molecule has 1 fully saturated rings. The summed E-state index contributed by atoms with van der Waals surface area (Å²) < 4.78 is 5.09. The fourth-order valence-electron chi connectivity index (χ4n) is 1.70. The number of ether oxygens (including phenoxy) is 1. The van der Waals surface area contributed by atoms with Crippen LogP contribution in [0, 0.1) is 5.92 Å². The molecule has 3 unspecified atom stereocenters. The molecule has 1 rings (SSSR count). The third-order valence-corrected chi connectivity index (χ3v) is 3.43. The number of methoxy groups -OCH3 is 1. The van der Waals surface area contributed by atoms with Crippen LogP contribution in [-0.2, 0) is 4.74 Å². The van der Waals surface area contributed by atoms with Crippen molar-refractivity contribution in [3.8, 4) is 0 Å². The van der Waals surface area contributed by atoms with Crippen LogP contribution in [0.3, 0.4) is 0 Å². The van der Waals surface area contributed by atoms with Crippen molar-refractivity contribution < 1.29 is 4.74 Å². The maximum Gasteiger partial charge on any atom is 0.157 e. The van der Waals surface area contributed by atoms with Gasteiger partial charge in [-0.1, -0.05) is 25.6 Å². The monoisotopic (exact) mass is 230 g/mol. The predicted molar refractivity (Wildman–Crippen MR) is 67.6 cm³/mol. The average Bonchev–Trinajstić information content (AvgIpc) is 2.14. The van der Waals surface area contributed by atoms with Gasteiger partial charge >= 0.3 is 0 Å². The van der Waals surface area contributed by atoms with Gasteiger partial charge in [0.2, 0.25) is 0 Å². The molecule has 0 aliphatic carbocycles. The highest BCUT2D eigenvalue weighted by Gasteiger charge is 2.19. The topological polar surface area (TPSA) is 33.6 Å². The van der Waals surface area contributed by atoms with Crippen LogP contribution in [-0.4, -0.2) is 36.7 Å². The molecule has 3 nitrogen and oxygen atoms in total. The van der Waals surface area contributed by atoms with E-state index in [1.165, 1.54) is 6.42 Å². The minimum Gasteiger partial charge on any atom is -0.384 e. The van der Waals surface area contributed by atoms with Gasteiger partial charge in [-0.3, -0.25) is 4.99 Å². The second-order valence-corrected chi connectivity index (χ2v) is 5.84. The summed E-state index contributed by atoms with van der Waals surface area (Å²) in [6.07, 6.45) is 1.22. The van der Waals surface area contributed by atoms with Crippen LogP contribution in [0.5, 0.6) is 0 Å². The van der Waals surface area contributed by atoms with E-state index in [1.807, 2.05) is 11.8 Å². The molecule has 0 aromatic rings. The van der Waals surface area contributed by atoms with Crippen molar-refractivity contribution in [3.05, 3.63) is 0 Å². The Kier molecular flexibility index (Phi) is 5.47. The zero-order valence-electron chi connectivity index (χ0n) is 10.1. The van der Waals surface area contributed by atoms with Crippen LogP contribution < -0.4 is 5.32 Å². The Balaban J connectivity index is 2.37. The summed E-state index contributed by atoms with van der Waals surface area (Å²) in [6, 6.07) is 0.553. The molecule has 0 aromatic heterocycles. The second kappa shape index (κ2) is 6.38. The largest absolute Gasteiger partial charge is 0.384 e. The van der Waals surface area contributed by atoms with E-state index in [9.17, 15) is 0 Å². The molecule has 88 valence electrons. The molecule has 0 saturated carbocycles. The highest BCUT2D eigenvalue weighted by atomic mass is 32.2. The molecule has 3 atom stereocenters. The number of hydrogen-bond acceptors (Lipinski definition) is 3. The summed E-state index contributed by atoms with van der Waals surface area (Å²) >= 11 is 1.85. The fraction of sp³-hybridized carbons (Fsp3) is 0.909. The van der Waals surface area contributed by atoms with E-state index in [4.69, 9.17) is 4.74 Å². The number of thioether (sulfide) groups is 1. The molecule has 1 N–H and O–H groups in total. The number of hydrogen-bond donors (Lipinski definition) is 1. The minimum atomic E-state index is 0.498. The van der Waals surface area contributed by atoms with E-state index in [-0.39, 0.29) is 0 Å². The van der Waals surface area contributed by atoms with E-state index in [0.29, 0.717) is 17.2 Å². The molecule has 0 radical (unpaired) electrons. The van der Waals surface area contributed by atoms with Gasteiger partial charge < -0.3 is 10.1 Å². The molecule has 4 heteroatoms. The van der Waals surface area contributed by atoms with Crippen molar-refractivity contribution in [1.29, 1.82) is 0 Å². The maximum absolute atomic E-state index is 5.09. The van der Waals surface area contributed by atoms with Crippen LogP contribution in [0.25, 0.3) is 0 Å². The summed E-state index contributed by atoms with van der Waals surface area (Å²) in [6.45, 7) is 8.27. The molecular weight excluding hydrogens is 208 g/mol. The van der Waals surface area contributed by atoms with Crippen molar-refractivity contribution in [2.45, 2.75) is 38.5 Å². The third-order valence-electron chi connectivity index (χ3n) is 2.37. The van der Waals surface area contributed by atoms with Gasteiger partial charge in [0.1, 0.15) is 0 Å². The first-order chi connectivity index (χ1) is 7.11. The maximum atomic E-state index is 5.09. The Morgan fingerprint density at radius 2 is 2.33 bits per heavy atom. The van der Waals surface area contributed by atoms with Crippen molar-refractivity contribution >= 4 is 16.9 Å². The summed E-state index contributed by atoms with van der Waals surface area (Å²) in [7, 11) is 1.74. The van der Waals surface area contributed by atoms with Crippen LogP contribution in [0.2, 0.25) is 0 Å². The molecule has 1 aliphatic heterocycles. The molecule has 0 bridgehead atoms. The molecule has 0 amide bonds. The van der Waals surface area contributed by atoms with Crippen molar-refractivity contribution in [2.75, 3.05) is 20.3 Å². The summed E-state index contributed by atoms with van der Waals surface area (Å²) in [5.41, 5.74) is 0. The third kappa shape index (κ3) is 4.89. The Hall–Kier alpha value is -0.220. The lowest BCUT2D eigenvalue weighted by atomic mass is 10.2. The first-order valence-corrected chi connectivity index (χ1v) is 6.46. The Bertz CT molecular complexity index is 209. The van der Waals surface area contributed by atoms with Crippen LogP contribution in [0.1, 0.15) is 27.2 Å². The lowest BCUT2D eigenvalue weighted by Crippen LogP contribution is -2.38. The van der Waals surface area contributed by atoms with Crippen LogP contribution in [0.15, 0.2) is 4.99 Å². The molecule has 1 saturated heterocycles. The van der Waals surface area contributed by atoms with E-state index in [1.54, 1.807) is 7.11 Å². The van der Waals surface area contributed by atoms with Gasteiger partial charge in [-0.15, -0.1) is 0 Å². The van der Waals surface area contributed by atoms with Gasteiger partial charge in [0.15, 0.2) is 5.17 Å². The molecule has 1 aliphatic rings. The average molecular weight is 230 g/mol. The van der Waals surface area contributed by atoms with Gasteiger partial charge in [0.05, 0.1) is 6.61 Å². The second-order valence-electron chi connectivity index (χ2n) is 4.42. The van der Waals surface area contributed by atoms with Gasteiger partial charge in [-0.25, -0.2) is 0 Å². The van der Waals surface area contributed by atoms with E-state index in [0.717, 1.165) is 18.3 Å². The normalized spacial score (nSPS) is 31.3. The minimum absolute atomic E-state index is 0.498. The SMILES string of the molecule is COCC(C)CN=C1NC(C)CC(C)S1. The summed E-state index contributed by atoms with van der Waals surface area (Å²) in [4.78, 5) is 4.59. The first-order valence-electron chi connectivity index (χ1n) is 5.58. The number of rotatable bonds is 4. The lowest BCUT2D eigenvalue weighted by molar-refractivity contribution is 0.163. The zero-order chi connectivity index (χ0) is 11.3. The lowest BCUT2D eigenvalue weighted by Gasteiger charge is -2.27. The summed E-state index contributed by atoms with van der Waals surface area (Å²) in [5, 5.41) is 5.20.